The second-order valence-corrected chi connectivity index (χ2v) is 6.24. The van der Waals surface area contributed by atoms with Crippen molar-refractivity contribution in [3.05, 3.63) is 28.2 Å². The molecule has 0 aromatic heterocycles. The van der Waals surface area contributed by atoms with Crippen LogP contribution in [0.3, 0.4) is 0 Å². The number of carbonyl (C=O) groups is 1. The Balaban J connectivity index is 0.00000220. The van der Waals surface area contributed by atoms with E-state index in [4.69, 9.17) is 4.74 Å². The van der Waals surface area contributed by atoms with E-state index in [0.29, 0.717) is 11.3 Å². The van der Waals surface area contributed by atoms with Gasteiger partial charge in [-0.15, -0.1) is 12.4 Å². The number of amides is 1. The van der Waals surface area contributed by atoms with E-state index in [2.05, 4.69) is 26.6 Å². The van der Waals surface area contributed by atoms with E-state index < -0.39 is 0 Å². The van der Waals surface area contributed by atoms with Crippen LogP contribution in [0.25, 0.3) is 0 Å². The Hall–Kier alpha value is -0.780. The van der Waals surface area contributed by atoms with Gasteiger partial charge in [0.1, 0.15) is 5.75 Å². The molecule has 1 heterocycles. The first-order valence-electron chi connectivity index (χ1n) is 7.04. The van der Waals surface area contributed by atoms with Crippen LogP contribution in [0, 0.1) is 0 Å². The molecule has 2 N–H and O–H groups in total. The van der Waals surface area contributed by atoms with Crippen LogP contribution >= 0.6 is 28.3 Å². The van der Waals surface area contributed by atoms with E-state index in [-0.39, 0.29) is 30.5 Å². The molecular weight excluding hydrogens is 356 g/mol. The van der Waals surface area contributed by atoms with Crippen molar-refractivity contribution in [3.8, 4) is 5.75 Å². The molecule has 118 valence electrons. The molecule has 1 amide bonds. The molecule has 1 saturated heterocycles. The van der Waals surface area contributed by atoms with Crippen molar-refractivity contribution in [2.24, 2.45) is 0 Å². The predicted molar refractivity (Wildman–Crippen MR) is 90.5 cm³/mol. The molecule has 1 aromatic rings. The van der Waals surface area contributed by atoms with Crippen molar-refractivity contribution in [1.29, 1.82) is 0 Å². The van der Waals surface area contributed by atoms with Gasteiger partial charge in [0.25, 0.3) is 5.91 Å². The molecule has 1 unspecified atom stereocenters. The van der Waals surface area contributed by atoms with Crippen LogP contribution in [-0.4, -0.2) is 31.1 Å². The first-order valence-corrected chi connectivity index (χ1v) is 7.83. The molecule has 1 atom stereocenters. The number of carbonyl (C=O) groups excluding carboxylic acids is 1. The number of hydrogen-bond acceptors (Lipinski definition) is 3. The standard InChI is InChI=1S/C15H21BrN2O2.ClH/c1-10(2)20-14-8-11(16)5-6-13(14)15(19)18-12-4-3-7-17-9-12;/h5-6,8,10,12,17H,3-4,7,9H2,1-2H3,(H,18,19);1H. The average molecular weight is 378 g/mol. The van der Waals surface area contributed by atoms with Crippen LogP contribution in [0.15, 0.2) is 22.7 Å². The molecule has 4 nitrogen and oxygen atoms in total. The Morgan fingerprint density at radius 3 is 2.86 bits per heavy atom. The molecule has 0 aliphatic carbocycles. The highest BCUT2D eigenvalue weighted by atomic mass is 79.9. The van der Waals surface area contributed by atoms with Gasteiger partial charge in [-0.1, -0.05) is 15.9 Å². The van der Waals surface area contributed by atoms with Gasteiger partial charge in [-0.25, -0.2) is 0 Å². The van der Waals surface area contributed by atoms with Gasteiger partial charge in [0.15, 0.2) is 0 Å². The van der Waals surface area contributed by atoms with Gasteiger partial charge < -0.3 is 15.4 Å². The van der Waals surface area contributed by atoms with E-state index in [9.17, 15) is 4.79 Å². The van der Waals surface area contributed by atoms with Crippen LogP contribution in [0.5, 0.6) is 5.75 Å². The lowest BCUT2D eigenvalue weighted by atomic mass is 10.1. The van der Waals surface area contributed by atoms with Crippen molar-refractivity contribution >= 4 is 34.2 Å². The molecule has 1 aliphatic heterocycles. The maximum atomic E-state index is 12.4. The molecule has 2 rings (SSSR count). The van der Waals surface area contributed by atoms with Crippen LogP contribution in [-0.2, 0) is 0 Å². The summed E-state index contributed by atoms with van der Waals surface area (Å²) in [5, 5.41) is 6.37. The Bertz CT molecular complexity index is 477. The summed E-state index contributed by atoms with van der Waals surface area (Å²) >= 11 is 3.41. The molecule has 6 heteroatoms. The zero-order valence-corrected chi connectivity index (χ0v) is 14.7. The summed E-state index contributed by atoms with van der Waals surface area (Å²) in [6.45, 7) is 5.77. The van der Waals surface area contributed by atoms with Crippen molar-refractivity contribution in [2.45, 2.75) is 38.8 Å². The summed E-state index contributed by atoms with van der Waals surface area (Å²) in [5.41, 5.74) is 0.590. The van der Waals surface area contributed by atoms with Crippen molar-refractivity contribution in [2.75, 3.05) is 13.1 Å². The molecular formula is C15H22BrClN2O2. The summed E-state index contributed by atoms with van der Waals surface area (Å²) < 4.78 is 6.64. The highest BCUT2D eigenvalue weighted by Gasteiger charge is 2.19. The van der Waals surface area contributed by atoms with E-state index in [1.165, 1.54) is 0 Å². The highest BCUT2D eigenvalue weighted by molar-refractivity contribution is 9.10. The van der Waals surface area contributed by atoms with Gasteiger partial charge in [0.2, 0.25) is 0 Å². The van der Waals surface area contributed by atoms with Gasteiger partial charge in [0, 0.05) is 17.1 Å². The van der Waals surface area contributed by atoms with E-state index in [0.717, 1.165) is 30.4 Å². The number of rotatable bonds is 4. The normalized spacial score (nSPS) is 18.0. The zero-order chi connectivity index (χ0) is 14.5. The Kier molecular flexibility index (Phi) is 7.49. The van der Waals surface area contributed by atoms with Crippen molar-refractivity contribution in [3.63, 3.8) is 0 Å². The van der Waals surface area contributed by atoms with Gasteiger partial charge in [0.05, 0.1) is 11.7 Å². The minimum absolute atomic E-state index is 0. The Morgan fingerprint density at radius 1 is 1.48 bits per heavy atom. The van der Waals surface area contributed by atoms with Crippen LogP contribution < -0.4 is 15.4 Å². The van der Waals surface area contributed by atoms with Gasteiger partial charge in [-0.05, 0) is 51.4 Å². The number of benzene rings is 1. The summed E-state index contributed by atoms with van der Waals surface area (Å²) in [6, 6.07) is 5.70. The summed E-state index contributed by atoms with van der Waals surface area (Å²) in [6.07, 6.45) is 2.16. The second-order valence-electron chi connectivity index (χ2n) is 5.32. The molecule has 21 heavy (non-hydrogen) atoms. The topological polar surface area (TPSA) is 50.4 Å². The van der Waals surface area contributed by atoms with E-state index in [1.54, 1.807) is 6.07 Å². The van der Waals surface area contributed by atoms with Gasteiger partial charge in [-0.3, -0.25) is 4.79 Å². The number of hydrogen-bond donors (Lipinski definition) is 2. The fourth-order valence-electron chi connectivity index (χ4n) is 2.27. The summed E-state index contributed by atoms with van der Waals surface area (Å²) in [5.74, 6) is 0.553. The molecule has 0 bridgehead atoms. The zero-order valence-electron chi connectivity index (χ0n) is 12.3. The number of halogens is 2. The third kappa shape index (κ3) is 5.49. The summed E-state index contributed by atoms with van der Waals surface area (Å²) in [7, 11) is 0. The lowest BCUT2D eigenvalue weighted by Gasteiger charge is -2.24. The molecule has 0 saturated carbocycles. The third-order valence-electron chi connectivity index (χ3n) is 3.18. The molecule has 0 spiro atoms. The van der Waals surface area contributed by atoms with Crippen LogP contribution in [0.4, 0.5) is 0 Å². The minimum atomic E-state index is -0.0677. The van der Waals surface area contributed by atoms with E-state index >= 15 is 0 Å². The molecule has 1 aromatic carbocycles. The number of ether oxygens (including phenoxy) is 1. The van der Waals surface area contributed by atoms with E-state index in [1.807, 2.05) is 26.0 Å². The van der Waals surface area contributed by atoms with Gasteiger partial charge >= 0.3 is 0 Å². The minimum Gasteiger partial charge on any atom is -0.490 e. The smallest absolute Gasteiger partial charge is 0.255 e. The highest BCUT2D eigenvalue weighted by Crippen LogP contribution is 2.25. The lowest BCUT2D eigenvalue weighted by Crippen LogP contribution is -2.45. The van der Waals surface area contributed by atoms with Gasteiger partial charge in [-0.2, -0.15) is 0 Å². The quantitative estimate of drug-likeness (QED) is 0.847. The first-order chi connectivity index (χ1) is 9.56. The third-order valence-corrected chi connectivity index (χ3v) is 3.68. The average Bonchev–Trinajstić information content (AvgIpc) is 2.39. The largest absolute Gasteiger partial charge is 0.490 e. The van der Waals surface area contributed by atoms with Crippen LogP contribution in [0.1, 0.15) is 37.0 Å². The van der Waals surface area contributed by atoms with Crippen LogP contribution in [0.2, 0.25) is 0 Å². The lowest BCUT2D eigenvalue weighted by molar-refractivity contribution is 0.0925. The first kappa shape index (κ1) is 18.3. The molecule has 1 fully saturated rings. The second kappa shape index (κ2) is 8.61. The molecule has 1 aliphatic rings. The van der Waals surface area contributed by atoms with Crippen molar-refractivity contribution in [1.82, 2.24) is 10.6 Å². The predicted octanol–water partition coefficient (Wildman–Crippen LogP) is 3.14. The fraction of sp³-hybridized carbons (Fsp3) is 0.533. The van der Waals surface area contributed by atoms with Crippen molar-refractivity contribution < 1.29 is 9.53 Å². The fourth-order valence-corrected chi connectivity index (χ4v) is 2.61. The molecule has 0 radical (unpaired) electrons. The maximum absolute atomic E-state index is 12.4. The maximum Gasteiger partial charge on any atom is 0.255 e. The number of piperidine rings is 1. The number of nitrogens with one attached hydrogen (secondary N) is 2. The Morgan fingerprint density at radius 2 is 2.24 bits per heavy atom. The summed E-state index contributed by atoms with van der Waals surface area (Å²) in [4.78, 5) is 12.4. The SMILES string of the molecule is CC(C)Oc1cc(Br)ccc1C(=O)NC1CCCNC1.Cl. The Labute approximate surface area is 140 Å². The monoisotopic (exact) mass is 376 g/mol.